The number of carbonyl (C=O) groups is 1. The zero-order chi connectivity index (χ0) is 16.1. The number of halogens is 1. The number of benzene rings is 1. The van der Waals surface area contributed by atoms with Crippen LogP contribution in [0, 0.1) is 0 Å². The number of thiazole rings is 1. The molecule has 3 aromatic rings. The Kier molecular flexibility index (Phi) is 5.05. The SMILES string of the molecule is O=C(C=Cc1ccc(Br)o1)OCc1cnc(-c2ccccc2)s1. The van der Waals surface area contributed by atoms with Gasteiger partial charge in [-0.2, -0.15) is 0 Å². The Morgan fingerprint density at radius 2 is 2.09 bits per heavy atom. The quantitative estimate of drug-likeness (QED) is 0.458. The van der Waals surface area contributed by atoms with Crippen molar-refractivity contribution in [1.82, 2.24) is 4.98 Å². The maximum absolute atomic E-state index is 11.7. The second-order valence-electron chi connectivity index (χ2n) is 4.58. The van der Waals surface area contributed by atoms with Crippen LogP contribution in [0.15, 0.2) is 63.8 Å². The minimum absolute atomic E-state index is 0.204. The average molecular weight is 390 g/mol. The van der Waals surface area contributed by atoms with E-state index in [1.807, 2.05) is 30.3 Å². The Morgan fingerprint density at radius 3 is 2.83 bits per heavy atom. The number of ether oxygens (including phenoxy) is 1. The van der Waals surface area contributed by atoms with Crippen LogP contribution in [0.25, 0.3) is 16.6 Å². The number of nitrogens with zero attached hydrogens (tertiary/aromatic N) is 1. The van der Waals surface area contributed by atoms with Gasteiger partial charge in [-0.3, -0.25) is 0 Å². The van der Waals surface area contributed by atoms with Gasteiger partial charge in [0.15, 0.2) is 4.67 Å². The van der Waals surface area contributed by atoms with Crippen LogP contribution in [0.3, 0.4) is 0 Å². The first-order chi connectivity index (χ1) is 11.2. The standard InChI is InChI=1S/C17H12BrNO3S/c18-15-8-6-13(22-15)7-9-16(20)21-11-14-10-19-17(23-14)12-4-2-1-3-5-12/h1-10H,11H2. The molecule has 2 aromatic heterocycles. The van der Waals surface area contributed by atoms with E-state index in [2.05, 4.69) is 20.9 Å². The highest BCUT2D eigenvalue weighted by atomic mass is 79.9. The molecule has 0 N–H and O–H groups in total. The van der Waals surface area contributed by atoms with Gasteiger partial charge in [0.1, 0.15) is 17.4 Å². The Balaban J connectivity index is 1.55. The maximum atomic E-state index is 11.7. The molecule has 23 heavy (non-hydrogen) atoms. The molecule has 0 amide bonds. The molecule has 0 saturated heterocycles. The summed E-state index contributed by atoms with van der Waals surface area (Å²) in [5.74, 6) is 0.158. The van der Waals surface area contributed by atoms with Crippen molar-refractivity contribution < 1.29 is 13.9 Å². The molecule has 6 heteroatoms. The molecule has 0 atom stereocenters. The van der Waals surface area contributed by atoms with Gasteiger partial charge in [0.05, 0.1) is 4.88 Å². The summed E-state index contributed by atoms with van der Waals surface area (Å²) in [5.41, 5.74) is 1.05. The molecule has 0 spiro atoms. The predicted molar refractivity (Wildman–Crippen MR) is 92.8 cm³/mol. The van der Waals surface area contributed by atoms with Gasteiger partial charge in [-0.05, 0) is 34.1 Å². The summed E-state index contributed by atoms with van der Waals surface area (Å²) in [4.78, 5) is 16.9. The Labute approximate surface area is 145 Å². The summed E-state index contributed by atoms with van der Waals surface area (Å²) in [7, 11) is 0. The summed E-state index contributed by atoms with van der Waals surface area (Å²) >= 11 is 4.71. The summed E-state index contributed by atoms with van der Waals surface area (Å²) in [6.07, 6.45) is 4.63. The minimum Gasteiger partial charge on any atom is -0.457 e. The van der Waals surface area contributed by atoms with Crippen LogP contribution in [0.5, 0.6) is 0 Å². The molecule has 4 nitrogen and oxygen atoms in total. The number of aromatic nitrogens is 1. The van der Waals surface area contributed by atoms with Crippen LogP contribution < -0.4 is 0 Å². The zero-order valence-electron chi connectivity index (χ0n) is 11.9. The highest BCUT2D eigenvalue weighted by molar-refractivity contribution is 9.10. The van der Waals surface area contributed by atoms with Crippen molar-refractivity contribution in [2.45, 2.75) is 6.61 Å². The fourth-order valence-electron chi connectivity index (χ4n) is 1.85. The van der Waals surface area contributed by atoms with E-state index >= 15 is 0 Å². The molecule has 2 heterocycles. The van der Waals surface area contributed by atoms with Crippen LogP contribution in [0.1, 0.15) is 10.6 Å². The molecule has 1 aromatic carbocycles. The Bertz CT molecular complexity index is 823. The summed E-state index contributed by atoms with van der Waals surface area (Å²) in [6, 6.07) is 13.4. The van der Waals surface area contributed by atoms with Gasteiger partial charge in [0.25, 0.3) is 0 Å². The van der Waals surface area contributed by atoms with E-state index in [4.69, 9.17) is 9.15 Å². The maximum Gasteiger partial charge on any atom is 0.331 e. The smallest absolute Gasteiger partial charge is 0.331 e. The topological polar surface area (TPSA) is 52.3 Å². The third-order valence-corrected chi connectivity index (χ3v) is 4.35. The predicted octanol–water partition coefficient (Wildman–Crippen LogP) is 4.92. The van der Waals surface area contributed by atoms with Gasteiger partial charge in [0, 0.05) is 17.8 Å². The zero-order valence-corrected chi connectivity index (χ0v) is 14.3. The Hall–Kier alpha value is -2.18. The van der Waals surface area contributed by atoms with E-state index in [9.17, 15) is 4.79 Å². The van der Waals surface area contributed by atoms with Crippen LogP contribution in [0.4, 0.5) is 0 Å². The number of hydrogen-bond donors (Lipinski definition) is 0. The average Bonchev–Trinajstić information content (AvgIpc) is 3.21. The normalized spacial score (nSPS) is 11.0. The molecule has 0 unspecified atom stereocenters. The van der Waals surface area contributed by atoms with Gasteiger partial charge < -0.3 is 9.15 Å². The van der Waals surface area contributed by atoms with Gasteiger partial charge >= 0.3 is 5.97 Å². The second-order valence-corrected chi connectivity index (χ2v) is 6.48. The van der Waals surface area contributed by atoms with Crippen LogP contribution in [0.2, 0.25) is 0 Å². The molecule has 0 aliphatic carbocycles. The molecule has 3 rings (SSSR count). The van der Waals surface area contributed by atoms with Crippen LogP contribution in [-0.4, -0.2) is 11.0 Å². The number of carbonyl (C=O) groups excluding carboxylic acids is 1. The third-order valence-electron chi connectivity index (χ3n) is 2.91. The largest absolute Gasteiger partial charge is 0.457 e. The molecule has 116 valence electrons. The van der Waals surface area contributed by atoms with Crippen molar-refractivity contribution in [3.8, 4) is 10.6 Å². The molecule has 0 aliphatic rings. The van der Waals surface area contributed by atoms with E-state index in [1.54, 1.807) is 24.4 Å². The van der Waals surface area contributed by atoms with Crippen molar-refractivity contribution in [3.05, 3.63) is 70.0 Å². The van der Waals surface area contributed by atoms with Crippen LogP contribution >= 0.6 is 27.3 Å². The molecular weight excluding hydrogens is 378 g/mol. The molecule has 0 saturated carbocycles. The first-order valence-electron chi connectivity index (χ1n) is 6.81. The van der Waals surface area contributed by atoms with Crippen LogP contribution in [-0.2, 0) is 16.1 Å². The van der Waals surface area contributed by atoms with E-state index < -0.39 is 5.97 Å². The van der Waals surface area contributed by atoms with E-state index in [-0.39, 0.29) is 6.61 Å². The lowest BCUT2D eigenvalue weighted by Gasteiger charge is -1.98. The summed E-state index contributed by atoms with van der Waals surface area (Å²) < 4.78 is 11.1. The lowest BCUT2D eigenvalue weighted by atomic mass is 10.2. The fraction of sp³-hybridized carbons (Fsp3) is 0.0588. The lowest BCUT2D eigenvalue weighted by Crippen LogP contribution is -1.99. The van der Waals surface area contributed by atoms with Gasteiger partial charge in [-0.1, -0.05) is 30.3 Å². The van der Waals surface area contributed by atoms with Gasteiger partial charge in [-0.15, -0.1) is 11.3 Å². The number of hydrogen-bond acceptors (Lipinski definition) is 5. The van der Waals surface area contributed by atoms with Gasteiger partial charge in [0.2, 0.25) is 0 Å². The molecule has 0 radical (unpaired) electrons. The molecule has 0 fully saturated rings. The summed E-state index contributed by atoms with van der Waals surface area (Å²) in [6.45, 7) is 0.204. The first-order valence-corrected chi connectivity index (χ1v) is 8.42. The van der Waals surface area contributed by atoms with Crippen molar-refractivity contribution in [2.75, 3.05) is 0 Å². The number of rotatable bonds is 5. The second kappa shape index (κ2) is 7.39. The lowest BCUT2D eigenvalue weighted by molar-refractivity contribution is -0.138. The van der Waals surface area contributed by atoms with Crippen molar-refractivity contribution in [3.63, 3.8) is 0 Å². The van der Waals surface area contributed by atoms with Crippen molar-refractivity contribution in [2.24, 2.45) is 0 Å². The fourth-order valence-corrected chi connectivity index (χ4v) is 3.00. The highest BCUT2D eigenvalue weighted by Gasteiger charge is 2.06. The minimum atomic E-state index is -0.424. The van der Waals surface area contributed by atoms with E-state index in [1.165, 1.54) is 17.4 Å². The van der Waals surface area contributed by atoms with Crippen molar-refractivity contribution >= 4 is 39.3 Å². The molecule has 0 bridgehead atoms. The number of esters is 1. The van der Waals surface area contributed by atoms with E-state index in [0.29, 0.717) is 10.4 Å². The highest BCUT2D eigenvalue weighted by Crippen LogP contribution is 2.25. The van der Waals surface area contributed by atoms with E-state index in [0.717, 1.165) is 15.4 Å². The summed E-state index contributed by atoms with van der Waals surface area (Å²) in [5, 5.41) is 0.910. The number of furan rings is 1. The van der Waals surface area contributed by atoms with Crippen molar-refractivity contribution in [1.29, 1.82) is 0 Å². The molecule has 0 aliphatic heterocycles. The molecular formula is C17H12BrNO3S. The monoisotopic (exact) mass is 389 g/mol. The Morgan fingerprint density at radius 1 is 1.26 bits per heavy atom. The first kappa shape index (κ1) is 15.7. The third kappa shape index (κ3) is 4.40. The van der Waals surface area contributed by atoms with Gasteiger partial charge in [-0.25, -0.2) is 9.78 Å².